The Kier molecular flexibility index (Phi) is 9.73. The Morgan fingerprint density at radius 2 is 2.40 bits per heavy atom. The summed E-state index contributed by atoms with van der Waals surface area (Å²) in [5.74, 6) is 1.95. The molecule has 3 nitrogen and oxygen atoms in total. The lowest BCUT2D eigenvalue weighted by atomic mass is 10.0. The number of thioether (sulfide) groups is 1. The van der Waals surface area contributed by atoms with Gasteiger partial charge in [-0.3, -0.25) is 4.79 Å². The summed E-state index contributed by atoms with van der Waals surface area (Å²) < 4.78 is 0. The lowest BCUT2D eigenvalue weighted by Gasteiger charge is -2.13. The molecule has 0 aromatic carbocycles. The van der Waals surface area contributed by atoms with Crippen molar-refractivity contribution in [1.29, 1.82) is 0 Å². The van der Waals surface area contributed by atoms with Crippen molar-refractivity contribution >= 4 is 17.7 Å². The Bertz CT molecular complexity index is 185. The van der Waals surface area contributed by atoms with Gasteiger partial charge in [0.15, 0.2) is 0 Å². The SMILES string of the molecule is C=CCSCCNC(=O)C(CN)CCC. The molecule has 0 bridgehead atoms. The fourth-order valence-electron chi connectivity index (χ4n) is 1.26. The van der Waals surface area contributed by atoms with Crippen LogP contribution in [0.15, 0.2) is 12.7 Å². The lowest BCUT2D eigenvalue weighted by Crippen LogP contribution is -2.36. The van der Waals surface area contributed by atoms with Crippen LogP contribution < -0.4 is 11.1 Å². The Morgan fingerprint density at radius 1 is 1.67 bits per heavy atom. The normalized spacial score (nSPS) is 12.1. The summed E-state index contributed by atoms with van der Waals surface area (Å²) in [7, 11) is 0. The molecule has 0 rings (SSSR count). The van der Waals surface area contributed by atoms with Crippen molar-refractivity contribution in [2.45, 2.75) is 19.8 Å². The third-order valence-electron chi connectivity index (χ3n) is 2.07. The lowest BCUT2D eigenvalue weighted by molar-refractivity contribution is -0.124. The van der Waals surface area contributed by atoms with E-state index in [1.54, 1.807) is 11.8 Å². The van der Waals surface area contributed by atoms with E-state index in [1.807, 2.05) is 6.08 Å². The third kappa shape index (κ3) is 7.45. The number of carbonyl (C=O) groups is 1. The van der Waals surface area contributed by atoms with Crippen LogP contribution in [0, 0.1) is 5.92 Å². The van der Waals surface area contributed by atoms with Crippen LogP contribution in [-0.4, -0.2) is 30.5 Å². The second-order valence-corrected chi connectivity index (χ2v) is 4.53. The quantitative estimate of drug-likeness (QED) is 0.465. The van der Waals surface area contributed by atoms with Crippen molar-refractivity contribution in [3.63, 3.8) is 0 Å². The highest BCUT2D eigenvalue weighted by molar-refractivity contribution is 7.99. The Hall–Kier alpha value is -0.480. The fourth-order valence-corrected chi connectivity index (χ4v) is 1.84. The molecular formula is C11H22N2OS. The first-order chi connectivity index (χ1) is 7.26. The molecule has 0 aromatic rings. The molecular weight excluding hydrogens is 208 g/mol. The number of amides is 1. The summed E-state index contributed by atoms with van der Waals surface area (Å²) in [6.45, 7) is 6.86. The molecule has 88 valence electrons. The van der Waals surface area contributed by atoms with Gasteiger partial charge in [-0.15, -0.1) is 6.58 Å². The standard InChI is InChI=1S/C11H22N2OS/c1-3-5-10(9-12)11(14)13-6-8-15-7-4-2/h4,10H,2-3,5-9,12H2,1H3,(H,13,14). The van der Waals surface area contributed by atoms with E-state index in [4.69, 9.17) is 5.73 Å². The molecule has 1 atom stereocenters. The van der Waals surface area contributed by atoms with E-state index in [-0.39, 0.29) is 11.8 Å². The van der Waals surface area contributed by atoms with Crippen LogP contribution in [0.25, 0.3) is 0 Å². The van der Waals surface area contributed by atoms with Gasteiger partial charge < -0.3 is 11.1 Å². The number of hydrogen-bond donors (Lipinski definition) is 2. The zero-order valence-corrected chi connectivity index (χ0v) is 10.3. The maximum Gasteiger partial charge on any atom is 0.224 e. The zero-order chi connectivity index (χ0) is 11.5. The number of rotatable bonds is 9. The van der Waals surface area contributed by atoms with Crippen LogP contribution in [-0.2, 0) is 4.79 Å². The Morgan fingerprint density at radius 3 is 2.93 bits per heavy atom. The molecule has 0 aliphatic heterocycles. The van der Waals surface area contributed by atoms with Crippen molar-refractivity contribution in [3.05, 3.63) is 12.7 Å². The molecule has 0 aliphatic rings. The van der Waals surface area contributed by atoms with Gasteiger partial charge in [-0.2, -0.15) is 11.8 Å². The number of carbonyl (C=O) groups excluding carboxylic acids is 1. The van der Waals surface area contributed by atoms with Crippen molar-refractivity contribution in [1.82, 2.24) is 5.32 Å². The minimum Gasteiger partial charge on any atom is -0.355 e. The van der Waals surface area contributed by atoms with Gasteiger partial charge in [0.2, 0.25) is 5.91 Å². The monoisotopic (exact) mass is 230 g/mol. The third-order valence-corrected chi connectivity index (χ3v) is 3.04. The van der Waals surface area contributed by atoms with Gasteiger partial charge in [0, 0.05) is 24.6 Å². The summed E-state index contributed by atoms with van der Waals surface area (Å²) in [6, 6.07) is 0. The largest absolute Gasteiger partial charge is 0.355 e. The summed E-state index contributed by atoms with van der Waals surface area (Å²) in [5, 5.41) is 2.90. The van der Waals surface area contributed by atoms with Crippen molar-refractivity contribution in [2.24, 2.45) is 11.7 Å². The van der Waals surface area contributed by atoms with Gasteiger partial charge >= 0.3 is 0 Å². The van der Waals surface area contributed by atoms with Gasteiger partial charge in [0.05, 0.1) is 5.92 Å². The molecule has 0 saturated carbocycles. The predicted octanol–water partition coefficient (Wildman–Crippen LogP) is 1.40. The summed E-state index contributed by atoms with van der Waals surface area (Å²) in [4.78, 5) is 11.6. The van der Waals surface area contributed by atoms with Crippen LogP contribution in [0.5, 0.6) is 0 Å². The van der Waals surface area contributed by atoms with Crippen LogP contribution in [0.3, 0.4) is 0 Å². The molecule has 0 aliphatic carbocycles. The van der Waals surface area contributed by atoms with Crippen molar-refractivity contribution < 1.29 is 4.79 Å². The maximum atomic E-state index is 11.6. The van der Waals surface area contributed by atoms with E-state index < -0.39 is 0 Å². The Labute approximate surface area is 96.9 Å². The number of nitrogens with two attached hydrogens (primary N) is 1. The van der Waals surface area contributed by atoms with E-state index in [0.717, 1.165) is 30.9 Å². The smallest absolute Gasteiger partial charge is 0.224 e. The summed E-state index contributed by atoms with van der Waals surface area (Å²) in [6.07, 6.45) is 3.74. The summed E-state index contributed by atoms with van der Waals surface area (Å²) in [5.41, 5.74) is 5.53. The highest BCUT2D eigenvalue weighted by atomic mass is 32.2. The van der Waals surface area contributed by atoms with Gasteiger partial charge in [-0.05, 0) is 6.42 Å². The zero-order valence-electron chi connectivity index (χ0n) is 9.50. The van der Waals surface area contributed by atoms with E-state index in [9.17, 15) is 4.79 Å². The molecule has 0 saturated heterocycles. The second-order valence-electron chi connectivity index (χ2n) is 3.38. The molecule has 1 unspecified atom stereocenters. The van der Waals surface area contributed by atoms with Crippen LogP contribution in [0.2, 0.25) is 0 Å². The maximum absolute atomic E-state index is 11.6. The van der Waals surface area contributed by atoms with Gasteiger partial charge in [0.1, 0.15) is 0 Å². The van der Waals surface area contributed by atoms with E-state index in [2.05, 4.69) is 18.8 Å². The highest BCUT2D eigenvalue weighted by Crippen LogP contribution is 2.04. The fraction of sp³-hybridized carbons (Fsp3) is 0.727. The predicted molar refractivity (Wildman–Crippen MR) is 68.0 cm³/mol. The van der Waals surface area contributed by atoms with Gasteiger partial charge in [0.25, 0.3) is 0 Å². The minimum absolute atomic E-state index is 0.0144. The molecule has 0 aromatic heterocycles. The highest BCUT2D eigenvalue weighted by Gasteiger charge is 2.14. The van der Waals surface area contributed by atoms with Crippen LogP contribution in [0.1, 0.15) is 19.8 Å². The van der Waals surface area contributed by atoms with E-state index >= 15 is 0 Å². The molecule has 0 heterocycles. The first kappa shape index (κ1) is 14.5. The molecule has 1 amide bonds. The molecule has 3 N–H and O–H groups in total. The Balaban J connectivity index is 3.57. The number of hydrogen-bond acceptors (Lipinski definition) is 3. The second kappa shape index (κ2) is 10.1. The summed E-state index contributed by atoms with van der Waals surface area (Å²) >= 11 is 1.76. The number of nitrogens with one attached hydrogen (secondary N) is 1. The minimum atomic E-state index is -0.0144. The average molecular weight is 230 g/mol. The van der Waals surface area contributed by atoms with E-state index in [1.165, 1.54) is 0 Å². The molecule has 4 heteroatoms. The van der Waals surface area contributed by atoms with E-state index in [0.29, 0.717) is 6.54 Å². The average Bonchev–Trinajstić information content (AvgIpc) is 2.25. The first-order valence-electron chi connectivity index (χ1n) is 5.42. The molecule has 0 radical (unpaired) electrons. The first-order valence-corrected chi connectivity index (χ1v) is 6.58. The van der Waals surface area contributed by atoms with Gasteiger partial charge in [-0.25, -0.2) is 0 Å². The van der Waals surface area contributed by atoms with Gasteiger partial charge in [-0.1, -0.05) is 19.4 Å². The molecule has 0 fully saturated rings. The topological polar surface area (TPSA) is 55.1 Å². The molecule has 0 spiro atoms. The molecule has 15 heavy (non-hydrogen) atoms. The van der Waals surface area contributed by atoms with Crippen molar-refractivity contribution in [3.8, 4) is 0 Å². The van der Waals surface area contributed by atoms with Crippen LogP contribution >= 0.6 is 11.8 Å². The van der Waals surface area contributed by atoms with Crippen molar-refractivity contribution in [2.75, 3.05) is 24.6 Å². The van der Waals surface area contributed by atoms with Crippen LogP contribution in [0.4, 0.5) is 0 Å².